The fourth-order valence-electron chi connectivity index (χ4n) is 2.23. The summed E-state index contributed by atoms with van der Waals surface area (Å²) in [5.74, 6) is 0. The van der Waals surface area contributed by atoms with Gasteiger partial charge in [0.05, 0.1) is 16.6 Å². The third-order valence-electron chi connectivity index (χ3n) is 3.03. The van der Waals surface area contributed by atoms with Crippen molar-refractivity contribution in [3.05, 3.63) is 49.1 Å². The molecule has 0 fully saturated rings. The summed E-state index contributed by atoms with van der Waals surface area (Å²) in [6.07, 6.45) is 3.15. The lowest BCUT2D eigenvalue weighted by Crippen LogP contribution is -1.77. The smallest absolute Gasteiger partial charge is 0.180 e. The van der Waals surface area contributed by atoms with Gasteiger partial charge in [0.25, 0.3) is 0 Å². The molecule has 3 heteroatoms. The molecule has 0 N–H and O–H groups in total. The van der Waals surface area contributed by atoms with Crippen molar-refractivity contribution in [3.63, 3.8) is 0 Å². The third kappa shape index (κ3) is 1.16. The molecule has 0 spiro atoms. The second-order valence-corrected chi connectivity index (χ2v) is 4.05. The Morgan fingerprint density at radius 3 is 2.82 bits per heavy atom. The number of benzene rings is 2. The van der Waals surface area contributed by atoms with E-state index in [-0.39, 0.29) is 0 Å². The first-order valence-electron chi connectivity index (χ1n) is 5.42. The Balaban J connectivity index is 2.28. The molecule has 2 aromatic carbocycles. The Morgan fingerprint density at radius 2 is 1.82 bits per heavy atom. The summed E-state index contributed by atoms with van der Waals surface area (Å²) >= 11 is 0. The first-order valence-corrected chi connectivity index (χ1v) is 5.42. The summed E-state index contributed by atoms with van der Waals surface area (Å²) in [5, 5.41) is 3.32. The van der Waals surface area contributed by atoms with Crippen LogP contribution >= 0.6 is 0 Å². The van der Waals surface area contributed by atoms with Crippen LogP contribution in [0.1, 0.15) is 0 Å². The molecule has 0 aliphatic carbocycles. The summed E-state index contributed by atoms with van der Waals surface area (Å²) in [6.45, 7) is 0. The Hall–Kier alpha value is -2.42. The molecule has 0 saturated heterocycles. The molecule has 0 saturated carbocycles. The molecule has 0 radical (unpaired) electrons. The Bertz CT molecular complexity index is 842. The van der Waals surface area contributed by atoms with Crippen LogP contribution in [-0.2, 0) is 0 Å². The molecule has 2 aromatic heterocycles. The molecule has 0 unspecified atom stereocenters. The maximum Gasteiger partial charge on any atom is 0.180 e. The monoisotopic (exact) mass is 220 g/mol. The molecule has 0 amide bonds. The lowest BCUT2D eigenvalue weighted by molar-refractivity contribution is 0.537. The van der Waals surface area contributed by atoms with E-state index in [1.54, 1.807) is 6.26 Å². The number of para-hydroxylation sites is 1. The highest BCUT2D eigenvalue weighted by molar-refractivity contribution is 6.11. The van der Waals surface area contributed by atoms with Crippen LogP contribution in [0.2, 0.25) is 0 Å². The van der Waals surface area contributed by atoms with Crippen LogP contribution in [-0.4, -0.2) is 9.97 Å². The number of aromatic nitrogens is 2. The van der Waals surface area contributed by atoms with Crippen molar-refractivity contribution in [1.82, 2.24) is 9.97 Å². The van der Waals surface area contributed by atoms with Crippen molar-refractivity contribution in [2.45, 2.75) is 0 Å². The minimum Gasteiger partial charge on any atom is -0.453 e. The Morgan fingerprint density at radius 1 is 0.882 bits per heavy atom. The van der Waals surface area contributed by atoms with Gasteiger partial charge in [-0.15, -0.1) is 0 Å². The molecule has 17 heavy (non-hydrogen) atoms. The molecule has 0 bridgehead atoms. The van der Waals surface area contributed by atoms with Crippen LogP contribution in [0.5, 0.6) is 0 Å². The Kier molecular flexibility index (Phi) is 1.56. The van der Waals surface area contributed by atoms with Crippen LogP contribution in [0.4, 0.5) is 0 Å². The molecule has 2 heterocycles. The summed E-state index contributed by atoms with van der Waals surface area (Å²) in [6, 6.07) is 12.2. The highest BCUT2D eigenvalue weighted by atomic mass is 16.3. The van der Waals surface area contributed by atoms with Gasteiger partial charge in [0.15, 0.2) is 6.39 Å². The Labute approximate surface area is 96.7 Å². The van der Waals surface area contributed by atoms with Gasteiger partial charge in [-0.2, -0.15) is 0 Å². The van der Waals surface area contributed by atoms with Gasteiger partial charge < -0.3 is 4.42 Å². The number of fused-ring (bicyclic) bond motifs is 4. The van der Waals surface area contributed by atoms with Crippen LogP contribution in [0.15, 0.2) is 53.5 Å². The predicted octanol–water partition coefficient (Wildman–Crippen LogP) is 3.53. The lowest BCUT2D eigenvalue weighted by Gasteiger charge is -1.95. The van der Waals surface area contributed by atoms with E-state index in [9.17, 15) is 0 Å². The van der Waals surface area contributed by atoms with E-state index in [2.05, 4.69) is 22.1 Å². The zero-order chi connectivity index (χ0) is 11.2. The number of hydrogen-bond donors (Lipinski definition) is 0. The van der Waals surface area contributed by atoms with E-state index in [1.165, 1.54) is 11.8 Å². The highest BCUT2D eigenvalue weighted by Crippen LogP contribution is 2.28. The van der Waals surface area contributed by atoms with E-state index in [0.717, 1.165) is 27.3 Å². The zero-order valence-corrected chi connectivity index (χ0v) is 8.92. The maximum atomic E-state index is 5.10. The fourth-order valence-corrected chi connectivity index (χ4v) is 2.23. The molecule has 4 aromatic rings. The van der Waals surface area contributed by atoms with Crippen molar-refractivity contribution in [3.8, 4) is 0 Å². The van der Waals surface area contributed by atoms with Gasteiger partial charge in [0.2, 0.25) is 0 Å². The largest absolute Gasteiger partial charge is 0.453 e. The van der Waals surface area contributed by atoms with Crippen LogP contribution < -0.4 is 0 Å². The van der Waals surface area contributed by atoms with Crippen molar-refractivity contribution in [1.29, 1.82) is 0 Å². The highest BCUT2D eigenvalue weighted by Gasteiger charge is 2.06. The average molecular weight is 220 g/mol. The van der Waals surface area contributed by atoms with Gasteiger partial charge in [-0.25, -0.2) is 9.97 Å². The van der Waals surface area contributed by atoms with E-state index in [1.807, 2.05) is 24.3 Å². The first-order chi connectivity index (χ1) is 8.42. The predicted molar refractivity (Wildman–Crippen MR) is 66.8 cm³/mol. The third-order valence-corrected chi connectivity index (χ3v) is 3.03. The quantitative estimate of drug-likeness (QED) is 0.455. The molecular formula is C14H8N2O. The minimum atomic E-state index is 0.909. The van der Waals surface area contributed by atoms with E-state index >= 15 is 0 Å². The number of hydrogen-bond acceptors (Lipinski definition) is 3. The second kappa shape index (κ2) is 3.04. The zero-order valence-electron chi connectivity index (χ0n) is 8.92. The van der Waals surface area contributed by atoms with Gasteiger partial charge in [-0.05, 0) is 18.2 Å². The van der Waals surface area contributed by atoms with E-state index in [0.29, 0.717) is 0 Å². The first kappa shape index (κ1) is 8.70. The van der Waals surface area contributed by atoms with Crippen molar-refractivity contribution >= 4 is 32.7 Å². The van der Waals surface area contributed by atoms with Gasteiger partial charge in [0.1, 0.15) is 6.26 Å². The molecular weight excluding hydrogens is 212 g/mol. The van der Waals surface area contributed by atoms with Crippen molar-refractivity contribution in [2.24, 2.45) is 0 Å². The fraction of sp³-hybridized carbons (Fsp3) is 0. The molecule has 4 rings (SSSR count). The van der Waals surface area contributed by atoms with Crippen LogP contribution in [0, 0.1) is 0 Å². The van der Waals surface area contributed by atoms with Gasteiger partial charge in [-0.1, -0.05) is 18.2 Å². The molecule has 80 valence electrons. The van der Waals surface area contributed by atoms with E-state index < -0.39 is 0 Å². The second-order valence-electron chi connectivity index (χ2n) is 4.05. The van der Waals surface area contributed by atoms with Gasteiger partial charge >= 0.3 is 0 Å². The topological polar surface area (TPSA) is 38.9 Å². The van der Waals surface area contributed by atoms with Gasteiger partial charge in [0, 0.05) is 16.2 Å². The van der Waals surface area contributed by atoms with Gasteiger partial charge in [-0.3, -0.25) is 0 Å². The lowest BCUT2D eigenvalue weighted by atomic mass is 10.1. The van der Waals surface area contributed by atoms with Crippen molar-refractivity contribution < 1.29 is 4.42 Å². The normalized spacial score (nSPS) is 11.5. The standard InChI is InChI=1S/C14H8N2O/c1-2-4-12-10(3-1)11-5-9-7-17-8-15-13(9)6-14(11)16-12/h1-8H. The van der Waals surface area contributed by atoms with Crippen molar-refractivity contribution in [2.75, 3.05) is 0 Å². The molecule has 3 nitrogen and oxygen atoms in total. The summed E-state index contributed by atoms with van der Waals surface area (Å²) in [5.41, 5.74) is 2.92. The maximum absolute atomic E-state index is 5.10. The summed E-state index contributed by atoms with van der Waals surface area (Å²) in [7, 11) is 0. The minimum absolute atomic E-state index is 0.909. The summed E-state index contributed by atoms with van der Waals surface area (Å²) < 4.78 is 5.10. The molecule has 0 atom stereocenters. The molecule has 0 aliphatic rings. The summed E-state index contributed by atoms with van der Waals surface area (Å²) in [4.78, 5) is 8.79. The SMILES string of the molecule is c1ccc2c(c1)nc1cc3ncocc3cc12. The number of rotatable bonds is 0. The average Bonchev–Trinajstić information content (AvgIpc) is 2.73. The van der Waals surface area contributed by atoms with Crippen LogP contribution in [0.3, 0.4) is 0 Å². The molecule has 0 aliphatic heterocycles. The van der Waals surface area contributed by atoms with E-state index in [4.69, 9.17) is 4.42 Å². The number of nitrogens with zero attached hydrogens (tertiary/aromatic N) is 2. The van der Waals surface area contributed by atoms with Crippen LogP contribution in [0.25, 0.3) is 32.7 Å².